The summed E-state index contributed by atoms with van der Waals surface area (Å²) in [5.41, 5.74) is 1.20. The summed E-state index contributed by atoms with van der Waals surface area (Å²) in [6.45, 7) is 11.6. The molecule has 0 spiro atoms. The number of allylic oxidation sites excluding steroid dienone is 1. The molecule has 0 saturated heterocycles. The van der Waals surface area contributed by atoms with Gasteiger partial charge in [-0.25, -0.2) is 9.18 Å². The van der Waals surface area contributed by atoms with Crippen molar-refractivity contribution >= 4 is 17.6 Å². The molecule has 0 radical (unpaired) electrons. The number of halogens is 1. The Labute approximate surface area is 159 Å². The van der Waals surface area contributed by atoms with Crippen molar-refractivity contribution in [3.63, 3.8) is 0 Å². The Hall–Kier alpha value is -2.83. The van der Waals surface area contributed by atoms with Crippen molar-refractivity contribution in [2.45, 2.75) is 39.7 Å². The second kappa shape index (κ2) is 8.24. The lowest BCUT2D eigenvalue weighted by Crippen LogP contribution is -2.39. The summed E-state index contributed by atoms with van der Waals surface area (Å²) in [6, 6.07) is 4.67. The topological polar surface area (TPSA) is 77.2 Å². The number of benzene rings is 1. The van der Waals surface area contributed by atoms with Crippen LogP contribution in [0.15, 0.2) is 41.7 Å². The molecule has 0 aliphatic carbocycles. The molecule has 1 aromatic carbocycles. The third-order valence-corrected chi connectivity index (χ3v) is 3.81. The molecule has 0 aromatic heterocycles. The van der Waals surface area contributed by atoms with Crippen LogP contribution in [-0.4, -0.2) is 35.6 Å². The van der Waals surface area contributed by atoms with Crippen LogP contribution in [-0.2, 0) is 9.47 Å². The quantitative estimate of drug-likeness (QED) is 0.285. The van der Waals surface area contributed by atoms with Crippen LogP contribution in [0.4, 0.5) is 9.18 Å². The Morgan fingerprint density at radius 2 is 2.07 bits per heavy atom. The number of amides is 1. The van der Waals surface area contributed by atoms with Gasteiger partial charge in [-0.1, -0.05) is 18.7 Å². The molecule has 0 bridgehead atoms. The fraction of sp³-hybridized carbons (Fsp3) is 0.400. The van der Waals surface area contributed by atoms with Gasteiger partial charge in [0.2, 0.25) is 5.90 Å². The SMILES string of the molecule is C=C(C)O/C(=N\N)c1ccc(C2=CCN(C(=O)OC(C)(C)C)CC2)c(F)c1. The number of hydrogen-bond acceptors (Lipinski definition) is 5. The Bertz CT molecular complexity index is 794. The lowest BCUT2D eigenvalue weighted by molar-refractivity contribution is 0.0270. The summed E-state index contributed by atoms with van der Waals surface area (Å²) in [5.74, 6) is 5.41. The number of nitrogens with two attached hydrogens (primary N) is 1. The van der Waals surface area contributed by atoms with E-state index in [4.69, 9.17) is 15.3 Å². The summed E-state index contributed by atoms with van der Waals surface area (Å²) in [7, 11) is 0. The summed E-state index contributed by atoms with van der Waals surface area (Å²) in [5, 5.41) is 3.53. The minimum Gasteiger partial charge on any atom is -0.444 e. The van der Waals surface area contributed by atoms with Crippen molar-refractivity contribution in [2.75, 3.05) is 13.1 Å². The van der Waals surface area contributed by atoms with E-state index >= 15 is 0 Å². The lowest BCUT2D eigenvalue weighted by Gasteiger charge is -2.29. The zero-order chi connectivity index (χ0) is 20.2. The van der Waals surface area contributed by atoms with Gasteiger partial charge in [-0.05, 0) is 51.8 Å². The van der Waals surface area contributed by atoms with Crippen LogP contribution >= 0.6 is 0 Å². The Morgan fingerprint density at radius 3 is 2.56 bits per heavy atom. The molecule has 0 fully saturated rings. The van der Waals surface area contributed by atoms with Gasteiger partial charge < -0.3 is 20.2 Å². The second-order valence-corrected chi connectivity index (χ2v) is 7.34. The van der Waals surface area contributed by atoms with Crippen LogP contribution in [0.5, 0.6) is 0 Å². The van der Waals surface area contributed by atoms with E-state index in [0.717, 1.165) is 5.57 Å². The maximum atomic E-state index is 14.6. The van der Waals surface area contributed by atoms with Crippen molar-refractivity contribution in [2.24, 2.45) is 10.9 Å². The summed E-state index contributed by atoms with van der Waals surface area (Å²) < 4.78 is 25.3. The second-order valence-electron chi connectivity index (χ2n) is 7.34. The first-order valence-electron chi connectivity index (χ1n) is 8.69. The van der Waals surface area contributed by atoms with Gasteiger partial charge >= 0.3 is 6.09 Å². The average molecular weight is 375 g/mol. The molecule has 1 aromatic rings. The molecule has 0 atom stereocenters. The number of carbonyl (C=O) groups is 1. The van der Waals surface area contributed by atoms with Crippen LogP contribution in [0.1, 0.15) is 45.2 Å². The Kier molecular flexibility index (Phi) is 6.25. The number of ether oxygens (including phenoxy) is 2. The van der Waals surface area contributed by atoms with E-state index in [1.54, 1.807) is 24.0 Å². The molecule has 0 unspecified atom stereocenters. The van der Waals surface area contributed by atoms with Crippen LogP contribution in [0.3, 0.4) is 0 Å². The first-order valence-corrected chi connectivity index (χ1v) is 8.69. The largest absolute Gasteiger partial charge is 0.444 e. The molecule has 6 nitrogen and oxygen atoms in total. The lowest BCUT2D eigenvalue weighted by atomic mass is 9.98. The number of carbonyl (C=O) groups excluding carboxylic acids is 1. The van der Waals surface area contributed by atoms with Crippen LogP contribution in [0, 0.1) is 5.82 Å². The van der Waals surface area contributed by atoms with Crippen LogP contribution < -0.4 is 5.84 Å². The molecule has 1 heterocycles. The van der Waals surface area contributed by atoms with Crippen LogP contribution in [0.2, 0.25) is 0 Å². The molecule has 1 aliphatic rings. The highest BCUT2D eigenvalue weighted by Gasteiger charge is 2.24. The number of nitrogens with zero attached hydrogens (tertiary/aromatic N) is 2. The van der Waals surface area contributed by atoms with E-state index in [2.05, 4.69) is 11.7 Å². The molecular weight excluding hydrogens is 349 g/mol. The predicted octanol–water partition coefficient (Wildman–Crippen LogP) is 4.02. The summed E-state index contributed by atoms with van der Waals surface area (Å²) >= 11 is 0. The van der Waals surface area contributed by atoms with Gasteiger partial charge in [-0.3, -0.25) is 0 Å². The number of hydrazone groups is 1. The van der Waals surface area contributed by atoms with Gasteiger partial charge in [0.25, 0.3) is 0 Å². The van der Waals surface area contributed by atoms with Gasteiger partial charge in [0, 0.05) is 24.2 Å². The minimum absolute atomic E-state index is 0.0988. The van der Waals surface area contributed by atoms with Crippen molar-refractivity contribution in [3.8, 4) is 0 Å². The van der Waals surface area contributed by atoms with E-state index < -0.39 is 11.4 Å². The fourth-order valence-electron chi connectivity index (χ4n) is 2.64. The third kappa shape index (κ3) is 5.57. The maximum absolute atomic E-state index is 14.6. The normalized spacial score (nSPS) is 15.2. The molecule has 27 heavy (non-hydrogen) atoms. The van der Waals surface area contributed by atoms with E-state index in [1.807, 2.05) is 26.8 Å². The van der Waals surface area contributed by atoms with E-state index in [0.29, 0.717) is 36.4 Å². The maximum Gasteiger partial charge on any atom is 0.410 e. The Balaban J connectivity index is 2.13. The smallest absolute Gasteiger partial charge is 0.410 e. The van der Waals surface area contributed by atoms with E-state index in [9.17, 15) is 9.18 Å². The van der Waals surface area contributed by atoms with Crippen LogP contribution in [0.25, 0.3) is 5.57 Å². The zero-order valence-corrected chi connectivity index (χ0v) is 16.2. The first kappa shape index (κ1) is 20.5. The highest BCUT2D eigenvalue weighted by Crippen LogP contribution is 2.26. The van der Waals surface area contributed by atoms with Crippen molar-refractivity contribution < 1.29 is 18.7 Å². The van der Waals surface area contributed by atoms with Crippen molar-refractivity contribution in [3.05, 3.63) is 53.6 Å². The molecular formula is C20H26FN3O3. The Morgan fingerprint density at radius 1 is 1.37 bits per heavy atom. The zero-order valence-electron chi connectivity index (χ0n) is 16.2. The first-order chi connectivity index (χ1) is 12.6. The molecule has 2 rings (SSSR count). The van der Waals surface area contributed by atoms with Gasteiger partial charge in [-0.15, -0.1) is 5.10 Å². The monoisotopic (exact) mass is 375 g/mol. The van der Waals surface area contributed by atoms with E-state index in [-0.39, 0.29) is 12.0 Å². The minimum atomic E-state index is -0.545. The van der Waals surface area contributed by atoms with Gasteiger partial charge in [0.05, 0.1) is 5.76 Å². The van der Waals surface area contributed by atoms with Gasteiger partial charge in [0.1, 0.15) is 11.4 Å². The third-order valence-electron chi connectivity index (χ3n) is 3.81. The van der Waals surface area contributed by atoms with Gasteiger partial charge in [-0.2, -0.15) is 0 Å². The highest BCUT2D eigenvalue weighted by molar-refractivity contribution is 5.95. The van der Waals surface area contributed by atoms with Crippen molar-refractivity contribution in [1.82, 2.24) is 4.90 Å². The molecule has 1 aliphatic heterocycles. The molecule has 146 valence electrons. The standard InChI is InChI=1S/C20H26FN3O3/c1-13(2)26-18(23-22)15-6-7-16(17(21)12-15)14-8-10-24(11-9-14)19(25)27-20(3,4)5/h6-8,12H,1,9-11,22H2,2-5H3/b23-18-. The number of rotatable bonds is 3. The van der Waals surface area contributed by atoms with E-state index in [1.165, 1.54) is 6.07 Å². The number of hydrogen-bond donors (Lipinski definition) is 1. The van der Waals surface area contributed by atoms with Gasteiger partial charge in [0.15, 0.2) is 0 Å². The molecule has 1 amide bonds. The fourth-order valence-corrected chi connectivity index (χ4v) is 2.64. The molecule has 2 N–H and O–H groups in total. The van der Waals surface area contributed by atoms with Crippen molar-refractivity contribution in [1.29, 1.82) is 0 Å². The average Bonchev–Trinajstić information content (AvgIpc) is 2.58. The summed E-state index contributed by atoms with van der Waals surface area (Å²) in [6.07, 6.45) is 2.01. The highest BCUT2D eigenvalue weighted by atomic mass is 19.1. The molecule has 0 saturated carbocycles. The molecule has 7 heteroatoms. The predicted molar refractivity (Wildman–Crippen MR) is 103 cm³/mol. The summed E-state index contributed by atoms with van der Waals surface area (Å²) in [4.78, 5) is 13.7.